The quantitative estimate of drug-likeness (QED) is 0.135. The molecular weight excluding hydrogens is 469 g/mol. The molecule has 1 atom stereocenters. The Kier molecular flexibility index (Phi) is 12.2. The summed E-state index contributed by atoms with van der Waals surface area (Å²) >= 11 is 0. The molecule has 1 unspecified atom stereocenters. The number of allylic oxidation sites excluding steroid dienone is 1. The van der Waals surface area contributed by atoms with Crippen LogP contribution in [0.1, 0.15) is 33.3 Å². The zero-order valence-corrected chi connectivity index (χ0v) is 22.8. The van der Waals surface area contributed by atoms with Gasteiger partial charge in [0.1, 0.15) is 5.66 Å². The van der Waals surface area contributed by atoms with Crippen molar-refractivity contribution in [3.8, 4) is 0 Å². The van der Waals surface area contributed by atoms with E-state index in [1.165, 1.54) is 0 Å². The minimum atomic E-state index is -1.55. The van der Waals surface area contributed by atoms with Gasteiger partial charge in [0.05, 0.1) is 18.9 Å². The first-order chi connectivity index (χ1) is 17.5. The fourth-order valence-electron chi connectivity index (χ4n) is 3.73. The van der Waals surface area contributed by atoms with Crippen molar-refractivity contribution >= 4 is 49.4 Å². The number of ether oxygens (including phenoxy) is 1. The summed E-state index contributed by atoms with van der Waals surface area (Å²) in [6.07, 6.45) is 1.74. The van der Waals surface area contributed by atoms with Crippen LogP contribution in [0.4, 0.5) is 5.69 Å². The van der Waals surface area contributed by atoms with E-state index < -0.39 is 14.0 Å². The Bertz CT molecular complexity index is 1300. The molecule has 3 aromatic carbocycles. The standard InChI is InChI=1S/C28H30NO4P.C2H6/c1-6-24(25-16-12-9-13-20(25)4)27(34(32-7-2)33-8-3)28(31-19-30)29-26-18-23-15-11-10-14-22(23)17-21(26)5;1-2/h6,9-19,27H,1,4,7-8H2,2-3,5H3;1-2H3/b25-24+,29-28?;. The zero-order valence-electron chi connectivity index (χ0n) is 21.9. The monoisotopic (exact) mass is 505 g/mol. The number of rotatable bonds is 10. The number of aliphatic imine (C=N–C) groups is 1. The highest BCUT2D eigenvalue weighted by molar-refractivity contribution is 7.50. The Hall–Kier alpha value is -3.11. The van der Waals surface area contributed by atoms with E-state index in [0.29, 0.717) is 25.4 Å². The third kappa shape index (κ3) is 7.20. The summed E-state index contributed by atoms with van der Waals surface area (Å²) in [5.74, 6) is 0.194. The van der Waals surface area contributed by atoms with Crippen LogP contribution in [-0.2, 0) is 18.6 Å². The molecule has 0 aliphatic carbocycles. The number of benzene rings is 3. The molecule has 0 fully saturated rings. The van der Waals surface area contributed by atoms with Crippen LogP contribution >= 0.6 is 8.38 Å². The predicted molar refractivity (Wildman–Crippen MR) is 153 cm³/mol. The van der Waals surface area contributed by atoms with Crippen molar-refractivity contribution in [2.75, 3.05) is 13.2 Å². The fourth-order valence-corrected chi connectivity index (χ4v) is 5.38. The molecule has 0 saturated heterocycles. The average molecular weight is 506 g/mol. The van der Waals surface area contributed by atoms with E-state index in [9.17, 15) is 4.79 Å². The van der Waals surface area contributed by atoms with Gasteiger partial charge in [0.15, 0.2) is 8.38 Å². The van der Waals surface area contributed by atoms with E-state index in [4.69, 9.17) is 18.8 Å². The summed E-state index contributed by atoms with van der Waals surface area (Å²) in [6, 6.07) is 19.8. The highest BCUT2D eigenvalue weighted by Crippen LogP contribution is 2.48. The molecule has 6 heteroatoms. The number of aryl methyl sites for hydroxylation is 1. The first kappa shape index (κ1) is 29.1. The Labute approximate surface area is 215 Å². The number of hydrogen-bond acceptors (Lipinski definition) is 5. The average Bonchev–Trinajstić information content (AvgIpc) is 2.89. The molecular formula is C30H36NO4P. The van der Waals surface area contributed by atoms with Gasteiger partial charge in [-0.05, 0) is 65.3 Å². The Morgan fingerprint density at radius 3 is 2.14 bits per heavy atom. The minimum Gasteiger partial charge on any atom is -0.412 e. The second-order valence-corrected chi connectivity index (χ2v) is 9.09. The van der Waals surface area contributed by atoms with Crippen LogP contribution in [0.2, 0.25) is 0 Å². The summed E-state index contributed by atoms with van der Waals surface area (Å²) in [5, 5.41) is 3.84. The normalized spacial score (nSPS) is 13.0. The highest BCUT2D eigenvalue weighted by Gasteiger charge is 2.34. The topological polar surface area (TPSA) is 57.1 Å². The molecule has 5 nitrogen and oxygen atoms in total. The van der Waals surface area contributed by atoms with Gasteiger partial charge in [-0.25, -0.2) is 4.99 Å². The van der Waals surface area contributed by atoms with E-state index in [1.807, 2.05) is 83.1 Å². The third-order valence-electron chi connectivity index (χ3n) is 5.26. The first-order valence-corrected chi connectivity index (χ1v) is 13.4. The largest absolute Gasteiger partial charge is 0.412 e. The maximum Gasteiger partial charge on any atom is 0.299 e. The molecule has 0 bridgehead atoms. The Morgan fingerprint density at radius 2 is 1.58 bits per heavy atom. The van der Waals surface area contributed by atoms with Crippen molar-refractivity contribution in [1.29, 1.82) is 0 Å². The second-order valence-electron chi connectivity index (χ2n) is 7.49. The van der Waals surface area contributed by atoms with Gasteiger partial charge in [0, 0.05) is 0 Å². The molecule has 0 heterocycles. The molecule has 190 valence electrons. The van der Waals surface area contributed by atoms with Crippen LogP contribution in [0.15, 0.2) is 78.3 Å². The van der Waals surface area contributed by atoms with Crippen molar-refractivity contribution in [1.82, 2.24) is 0 Å². The summed E-state index contributed by atoms with van der Waals surface area (Å²) < 4.78 is 17.6. The molecule has 0 aliphatic heterocycles. The lowest BCUT2D eigenvalue weighted by Gasteiger charge is -2.27. The number of fused-ring (bicyclic) bond motifs is 1. The number of carbonyl (C=O) groups is 1. The van der Waals surface area contributed by atoms with Crippen molar-refractivity contribution in [2.24, 2.45) is 4.99 Å². The van der Waals surface area contributed by atoms with E-state index in [-0.39, 0.29) is 5.90 Å². The lowest BCUT2D eigenvalue weighted by atomic mass is 10.1. The Morgan fingerprint density at radius 1 is 1.00 bits per heavy atom. The SMILES string of the molecule is C=C/C(=c1/ccccc1=C)C(C(=Nc1cc2ccccc2cc1C)OC=O)P(OCC)OCC.CC. The maximum atomic E-state index is 11.6. The Balaban J connectivity index is 0.00000222. The van der Waals surface area contributed by atoms with Gasteiger partial charge in [-0.3, -0.25) is 4.79 Å². The summed E-state index contributed by atoms with van der Waals surface area (Å²) in [5.41, 5.74) is 1.85. The van der Waals surface area contributed by atoms with Gasteiger partial charge < -0.3 is 13.8 Å². The van der Waals surface area contributed by atoms with Crippen LogP contribution in [0.25, 0.3) is 22.9 Å². The highest BCUT2D eigenvalue weighted by atomic mass is 31.2. The van der Waals surface area contributed by atoms with Gasteiger partial charge in [0.2, 0.25) is 5.90 Å². The molecule has 0 aromatic heterocycles. The molecule has 3 aromatic rings. The van der Waals surface area contributed by atoms with E-state index in [1.54, 1.807) is 6.08 Å². The van der Waals surface area contributed by atoms with Gasteiger partial charge in [-0.2, -0.15) is 0 Å². The van der Waals surface area contributed by atoms with Gasteiger partial charge in [0.25, 0.3) is 6.47 Å². The van der Waals surface area contributed by atoms with Crippen molar-refractivity contribution in [3.63, 3.8) is 0 Å². The lowest BCUT2D eigenvalue weighted by molar-refractivity contribution is -0.121. The maximum absolute atomic E-state index is 11.6. The number of hydrogen-bond donors (Lipinski definition) is 0. The number of nitrogens with zero attached hydrogens (tertiary/aromatic N) is 1. The van der Waals surface area contributed by atoms with E-state index >= 15 is 0 Å². The minimum absolute atomic E-state index is 0.194. The fraction of sp³-hybridized carbons (Fsp3) is 0.267. The second kappa shape index (κ2) is 15.1. The molecule has 3 rings (SSSR count). The van der Waals surface area contributed by atoms with Gasteiger partial charge in [-0.1, -0.05) is 81.6 Å². The van der Waals surface area contributed by atoms with E-state index in [0.717, 1.165) is 32.3 Å². The van der Waals surface area contributed by atoms with Crippen molar-refractivity contribution < 1.29 is 18.6 Å². The van der Waals surface area contributed by atoms with E-state index in [2.05, 4.69) is 25.3 Å². The van der Waals surface area contributed by atoms with Crippen molar-refractivity contribution in [3.05, 3.63) is 89.3 Å². The van der Waals surface area contributed by atoms with Gasteiger partial charge >= 0.3 is 0 Å². The summed E-state index contributed by atoms with van der Waals surface area (Å²) in [6.45, 7) is 19.3. The predicted octanol–water partition coefficient (Wildman–Crippen LogP) is 6.58. The molecule has 0 radical (unpaired) electrons. The van der Waals surface area contributed by atoms with Crippen LogP contribution in [0.5, 0.6) is 0 Å². The third-order valence-corrected chi connectivity index (χ3v) is 7.21. The molecule has 0 spiro atoms. The summed E-state index contributed by atoms with van der Waals surface area (Å²) in [4.78, 5) is 16.5. The van der Waals surface area contributed by atoms with Crippen LogP contribution in [0.3, 0.4) is 0 Å². The zero-order chi connectivity index (χ0) is 26.5. The molecule has 0 N–H and O–H groups in total. The smallest absolute Gasteiger partial charge is 0.299 e. The van der Waals surface area contributed by atoms with Crippen LogP contribution in [-0.4, -0.2) is 31.2 Å². The molecule has 0 saturated carbocycles. The van der Waals surface area contributed by atoms with Crippen LogP contribution in [0, 0.1) is 6.92 Å². The van der Waals surface area contributed by atoms with Gasteiger partial charge in [-0.15, -0.1) is 0 Å². The van der Waals surface area contributed by atoms with Crippen molar-refractivity contribution in [2.45, 2.75) is 40.3 Å². The number of carbonyl (C=O) groups excluding carboxylic acids is 1. The van der Waals surface area contributed by atoms with Crippen LogP contribution < -0.4 is 10.4 Å². The summed E-state index contributed by atoms with van der Waals surface area (Å²) in [7, 11) is -1.55. The first-order valence-electron chi connectivity index (χ1n) is 12.2. The molecule has 0 aliphatic rings. The molecule has 36 heavy (non-hydrogen) atoms. The molecule has 0 amide bonds. The lowest BCUT2D eigenvalue weighted by Crippen LogP contribution is -2.33.